The maximum Gasteiger partial charge on any atom is 0.272 e. The van der Waals surface area contributed by atoms with Crippen molar-refractivity contribution in [3.05, 3.63) is 94.3 Å². The van der Waals surface area contributed by atoms with Crippen molar-refractivity contribution < 1.29 is 19.4 Å². The van der Waals surface area contributed by atoms with Crippen LogP contribution < -0.4 is 20.3 Å². The van der Waals surface area contributed by atoms with E-state index in [0.29, 0.717) is 28.1 Å². The van der Waals surface area contributed by atoms with Gasteiger partial charge in [-0.05, 0) is 42.0 Å². The van der Waals surface area contributed by atoms with Gasteiger partial charge in [0.25, 0.3) is 11.5 Å². The van der Waals surface area contributed by atoms with Crippen LogP contribution in [0.2, 0.25) is 0 Å². The summed E-state index contributed by atoms with van der Waals surface area (Å²) in [6.07, 6.45) is 0. The number of nitrogens with one attached hydrogen (secondary N) is 1. The van der Waals surface area contributed by atoms with E-state index in [1.807, 2.05) is 18.2 Å². The van der Waals surface area contributed by atoms with Crippen LogP contribution in [-0.4, -0.2) is 22.4 Å². The first-order chi connectivity index (χ1) is 15.1. The number of amides is 1. The lowest BCUT2D eigenvalue weighted by Gasteiger charge is -2.15. The largest absolute Gasteiger partial charge is 0.506 e. The van der Waals surface area contributed by atoms with Gasteiger partial charge in [-0.1, -0.05) is 36.4 Å². The van der Waals surface area contributed by atoms with Crippen molar-refractivity contribution in [2.24, 2.45) is 0 Å². The van der Waals surface area contributed by atoms with Gasteiger partial charge in [0.05, 0.1) is 5.52 Å². The molecular weight excluding hydrogens is 396 g/mol. The zero-order valence-corrected chi connectivity index (χ0v) is 16.4. The molecule has 4 aromatic rings. The predicted molar refractivity (Wildman–Crippen MR) is 115 cm³/mol. The molecule has 0 saturated carbocycles. The number of ether oxygens (including phenoxy) is 2. The zero-order valence-electron chi connectivity index (χ0n) is 16.4. The number of carbonyl (C=O) groups excluding carboxylic acids is 1. The average Bonchev–Trinajstić information content (AvgIpc) is 3.26. The van der Waals surface area contributed by atoms with Gasteiger partial charge in [-0.15, -0.1) is 0 Å². The summed E-state index contributed by atoms with van der Waals surface area (Å²) in [7, 11) is 0. The molecule has 0 atom stereocenters. The molecule has 7 heteroatoms. The molecule has 0 fully saturated rings. The van der Waals surface area contributed by atoms with Gasteiger partial charge in [-0.3, -0.25) is 14.2 Å². The van der Waals surface area contributed by atoms with E-state index in [0.717, 1.165) is 5.56 Å². The van der Waals surface area contributed by atoms with Crippen LogP contribution >= 0.6 is 0 Å². The Morgan fingerprint density at radius 2 is 1.71 bits per heavy atom. The van der Waals surface area contributed by atoms with E-state index >= 15 is 0 Å². The minimum atomic E-state index is -0.657. The summed E-state index contributed by atoms with van der Waals surface area (Å²) in [5.74, 6) is 0.256. The number of benzene rings is 3. The van der Waals surface area contributed by atoms with Crippen molar-refractivity contribution >= 4 is 16.8 Å². The first-order valence-corrected chi connectivity index (χ1v) is 9.72. The Morgan fingerprint density at radius 1 is 0.968 bits per heavy atom. The van der Waals surface area contributed by atoms with Gasteiger partial charge in [-0.25, -0.2) is 0 Å². The number of fused-ring (bicyclic) bond motifs is 2. The molecule has 1 aliphatic heterocycles. The topological polar surface area (TPSA) is 89.8 Å². The van der Waals surface area contributed by atoms with Gasteiger partial charge in [0.2, 0.25) is 6.79 Å². The molecule has 2 N–H and O–H groups in total. The molecule has 1 amide bonds. The van der Waals surface area contributed by atoms with Crippen LogP contribution in [0.25, 0.3) is 16.6 Å². The second kappa shape index (κ2) is 7.53. The number of aromatic nitrogens is 1. The number of aromatic hydroxyl groups is 1. The highest BCUT2D eigenvalue weighted by atomic mass is 16.7. The maximum absolute atomic E-state index is 13.3. The molecule has 0 saturated heterocycles. The number of pyridine rings is 1. The van der Waals surface area contributed by atoms with Crippen LogP contribution in [-0.2, 0) is 6.54 Å². The Kier molecular flexibility index (Phi) is 4.55. The highest BCUT2D eigenvalue weighted by Gasteiger charge is 2.23. The number of hydrogen-bond donors (Lipinski definition) is 2. The Balaban J connectivity index is 1.55. The second-order valence-electron chi connectivity index (χ2n) is 7.09. The molecule has 3 aromatic carbocycles. The lowest BCUT2D eigenvalue weighted by atomic mass is 10.1. The van der Waals surface area contributed by atoms with Crippen molar-refractivity contribution in [2.45, 2.75) is 6.54 Å². The number of hydrogen-bond acceptors (Lipinski definition) is 5. The van der Waals surface area contributed by atoms with Crippen molar-refractivity contribution in [1.29, 1.82) is 0 Å². The monoisotopic (exact) mass is 414 g/mol. The third kappa shape index (κ3) is 3.26. The predicted octanol–water partition coefficient (Wildman–Crippen LogP) is 3.36. The molecule has 1 aliphatic rings. The standard InChI is InChI=1S/C24H18N2O5/c27-22-17-8-4-5-9-18(17)26(16-6-2-1-3-7-16)24(29)21(22)23(28)25-13-15-10-11-19-20(12-15)31-14-30-19/h1-12,27H,13-14H2,(H,25,28). The number of carbonyl (C=O) groups is 1. The number of nitrogens with zero attached hydrogens (tertiary/aromatic N) is 1. The van der Waals surface area contributed by atoms with E-state index in [4.69, 9.17) is 9.47 Å². The molecule has 0 spiro atoms. The fourth-order valence-electron chi connectivity index (χ4n) is 3.69. The SMILES string of the molecule is O=C(NCc1ccc2c(c1)OCO2)c1c(O)c2ccccc2n(-c2ccccc2)c1=O. The van der Waals surface area contributed by atoms with Gasteiger partial charge < -0.3 is 19.9 Å². The van der Waals surface area contributed by atoms with Gasteiger partial charge >= 0.3 is 0 Å². The van der Waals surface area contributed by atoms with E-state index in [1.165, 1.54) is 4.57 Å². The molecule has 0 radical (unpaired) electrons. The smallest absolute Gasteiger partial charge is 0.272 e. The molecule has 5 rings (SSSR count). The molecule has 2 heterocycles. The Hall–Kier alpha value is -4.26. The van der Waals surface area contributed by atoms with Crippen LogP contribution in [0.3, 0.4) is 0 Å². The number of rotatable bonds is 4. The first kappa shape index (κ1) is 18.7. The summed E-state index contributed by atoms with van der Waals surface area (Å²) in [4.78, 5) is 26.3. The van der Waals surface area contributed by atoms with Crippen molar-refractivity contribution in [3.63, 3.8) is 0 Å². The lowest BCUT2D eigenvalue weighted by Crippen LogP contribution is -2.32. The van der Waals surface area contributed by atoms with Gasteiger partial charge in [0.1, 0.15) is 11.3 Å². The molecular formula is C24H18N2O5. The molecule has 154 valence electrons. The summed E-state index contributed by atoms with van der Waals surface area (Å²) in [5, 5.41) is 13.9. The molecule has 1 aromatic heterocycles. The van der Waals surface area contributed by atoms with Gasteiger partial charge in [0.15, 0.2) is 11.5 Å². The van der Waals surface area contributed by atoms with Gasteiger partial charge in [-0.2, -0.15) is 0 Å². The highest BCUT2D eigenvalue weighted by molar-refractivity contribution is 6.02. The summed E-state index contributed by atoms with van der Waals surface area (Å²) in [6, 6.07) is 21.3. The van der Waals surface area contributed by atoms with E-state index in [9.17, 15) is 14.7 Å². The number of para-hydroxylation sites is 2. The third-order valence-electron chi connectivity index (χ3n) is 5.19. The summed E-state index contributed by atoms with van der Waals surface area (Å²) in [6.45, 7) is 0.321. The molecule has 0 aliphatic carbocycles. The van der Waals surface area contributed by atoms with Crippen molar-refractivity contribution in [1.82, 2.24) is 9.88 Å². The summed E-state index contributed by atoms with van der Waals surface area (Å²) < 4.78 is 12.1. The Morgan fingerprint density at radius 3 is 2.55 bits per heavy atom. The molecule has 31 heavy (non-hydrogen) atoms. The van der Waals surface area contributed by atoms with Crippen molar-refractivity contribution in [2.75, 3.05) is 6.79 Å². The van der Waals surface area contributed by atoms with E-state index < -0.39 is 11.5 Å². The van der Waals surface area contributed by atoms with E-state index in [2.05, 4.69) is 5.32 Å². The van der Waals surface area contributed by atoms with Crippen LogP contribution in [0.5, 0.6) is 17.2 Å². The van der Waals surface area contributed by atoms with Crippen molar-refractivity contribution in [3.8, 4) is 22.9 Å². The molecule has 7 nitrogen and oxygen atoms in total. The average molecular weight is 414 g/mol. The van der Waals surface area contributed by atoms with Crippen LogP contribution in [0.4, 0.5) is 0 Å². The van der Waals surface area contributed by atoms with Gasteiger partial charge in [0, 0.05) is 17.6 Å². The second-order valence-corrected chi connectivity index (χ2v) is 7.09. The van der Waals surface area contributed by atoms with Crippen LogP contribution in [0, 0.1) is 0 Å². The Bertz CT molecular complexity index is 1360. The van der Waals surface area contributed by atoms with Crippen LogP contribution in [0.15, 0.2) is 77.6 Å². The van der Waals surface area contributed by atoms with E-state index in [1.54, 1.807) is 54.6 Å². The minimum absolute atomic E-state index is 0.159. The summed E-state index contributed by atoms with van der Waals surface area (Å²) >= 11 is 0. The molecule has 0 unspecified atom stereocenters. The molecule has 0 bridgehead atoms. The zero-order chi connectivity index (χ0) is 21.4. The summed E-state index contributed by atoms with van der Waals surface area (Å²) in [5.41, 5.74) is 1.01. The fourth-order valence-corrected chi connectivity index (χ4v) is 3.69. The third-order valence-corrected chi connectivity index (χ3v) is 5.19. The lowest BCUT2D eigenvalue weighted by molar-refractivity contribution is 0.0946. The first-order valence-electron chi connectivity index (χ1n) is 9.72. The highest BCUT2D eigenvalue weighted by Crippen LogP contribution is 2.32. The van der Waals surface area contributed by atoms with E-state index in [-0.39, 0.29) is 24.7 Å². The fraction of sp³-hybridized carbons (Fsp3) is 0.0833. The normalized spacial score (nSPS) is 12.1. The Labute approximate surface area is 177 Å². The quantitative estimate of drug-likeness (QED) is 0.535. The van der Waals surface area contributed by atoms with Crippen LogP contribution in [0.1, 0.15) is 15.9 Å². The maximum atomic E-state index is 13.3. The minimum Gasteiger partial charge on any atom is -0.506 e.